The molecule has 6 heteroatoms. The normalized spacial score (nSPS) is 15.3. The molecule has 140 valence electrons. The number of benzene rings is 1. The van der Waals surface area contributed by atoms with Crippen LogP contribution in [0.15, 0.2) is 30.0 Å². The lowest BCUT2D eigenvalue weighted by molar-refractivity contribution is -0.117. The van der Waals surface area contributed by atoms with E-state index in [0.29, 0.717) is 6.54 Å². The highest BCUT2D eigenvalue weighted by Crippen LogP contribution is 2.22. The van der Waals surface area contributed by atoms with E-state index in [1.807, 2.05) is 12.1 Å². The van der Waals surface area contributed by atoms with Gasteiger partial charge in [0.1, 0.15) is 11.6 Å². The van der Waals surface area contributed by atoms with Crippen molar-refractivity contribution in [2.24, 2.45) is 0 Å². The molecule has 0 spiro atoms. The molecule has 6 nitrogen and oxygen atoms in total. The van der Waals surface area contributed by atoms with Crippen LogP contribution in [0.2, 0.25) is 0 Å². The molecule has 1 aliphatic rings. The zero-order chi connectivity index (χ0) is 18.8. The fourth-order valence-electron chi connectivity index (χ4n) is 2.97. The van der Waals surface area contributed by atoms with Crippen molar-refractivity contribution in [3.63, 3.8) is 0 Å². The topological polar surface area (TPSA) is 77.4 Å². The minimum absolute atomic E-state index is 0.0833. The van der Waals surface area contributed by atoms with Gasteiger partial charge in [-0.05, 0) is 24.0 Å². The molecule has 0 aliphatic carbocycles. The van der Waals surface area contributed by atoms with Crippen molar-refractivity contribution < 1.29 is 9.53 Å². The fourth-order valence-corrected chi connectivity index (χ4v) is 2.97. The molecular weight excluding hydrogens is 328 g/mol. The van der Waals surface area contributed by atoms with Gasteiger partial charge in [0.15, 0.2) is 0 Å². The SMILES string of the molecule is CCc1cccc(CC)c1N/C=C(/C#N)C(=O)NCCN1CCOCC1. The first-order valence-corrected chi connectivity index (χ1v) is 9.25. The van der Waals surface area contributed by atoms with E-state index < -0.39 is 0 Å². The highest BCUT2D eigenvalue weighted by atomic mass is 16.5. The highest BCUT2D eigenvalue weighted by Gasteiger charge is 2.13. The third-order valence-corrected chi connectivity index (χ3v) is 4.54. The van der Waals surface area contributed by atoms with Gasteiger partial charge in [-0.1, -0.05) is 32.0 Å². The molecule has 1 heterocycles. The molecule has 0 unspecified atom stereocenters. The Morgan fingerprint density at radius 1 is 1.27 bits per heavy atom. The Morgan fingerprint density at radius 2 is 1.92 bits per heavy atom. The van der Waals surface area contributed by atoms with Crippen molar-refractivity contribution in [2.75, 3.05) is 44.7 Å². The first-order chi connectivity index (χ1) is 12.7. The lowest BCUT2D eigenvalue weighted by atomic mass is 10.0. The molecule has 0 bridgehead atoms. The van der Waals surface area contributed by atoms with Crippen molar-refractivity contribution in [2.45, 2.75) is 26.7 Å². The van der Waals surface area contributed by atoms with Crippen LogP contribution in [0.3, 0.4) is 0 Å². The van der Waals surface area contributed by atoms with E-state index in [4.69, 9.17) is 4.74 Å². The minimum Gasteiger partial charge on any atom is -0.379 e. The van der Waals surface area contributed by atoms with Crippen LogP contribution in [0, 0.1) is 11.3 Å². The van der Waals surface area contributed by atoms with Crippen LogP contribution in [0.4, 0.5) is 5.69 Å². The van der Waals surface area contributed by atoms with E-state index in [1.54, 1.807) is 0 Å². The number of hydrogen-bond donors (Lipinski definition) is 2. The molecular formula is C20H28N4O2. The maximum atomic E-state index is 12.3. The molecule has 1 aromatic carbocycles. The summed E-state index contributed by atoms with van der Waals surface area (Å²) in [5.41, 5.74) is 3.42. The van der Waals surface area contributed by atoms with Crippen LogP contribution in [-0.2, 0) is 22.4 Å². The molecule has 2 rings (SSSR count). The standard InChI is InChI=1S/C20H28N4O2/c1-3-16-6-5-7-17(4-2)19(16)23-15-18(14-21)20(25)22-8-9-24-10-12-26-13-11-24/h5-7,15,23H,3-4,8-13H2,1-2H3,(H,22,25)/b18-15-. The lowest BCUT2D eigenvalue weighted by Gasteiger charge is -2.26. The molecule has 1 amide bonds. The average Bonchev–Trinajstić information content (AvgIpc) is 2.69. The first-order valence-electron chi connectivity index (χ1n) is 9.25. The Balaban J connectivity index is 1.95. The molecule has 26 heavy (non-hydrogen) atoms. The quantitative estimate of drug-likeness (QED) is 0.551. The predicted octanol–water partition coefficient (Wildman–Crippen LogP) is 2.08. The number of nitrogens with one attached hydrogen (secondary N) is 2. The maximum Gasteiger partial charge on any atom is 0.263 e. The van der Waals surface area contributed by atoms with Crippen molar-refractivity contribution in [1.29, 1.82) is 5.26 Å². The molecule has 0 radical (unpaired) electrons. The van der Waals surface area contributed by atoms with Crippen molar-refractivity contribution >= 4 is 11.6 Å². The van der Waals surface area contributed by atoms with Gasteiger partial charge in [0.2, 0.25) is 0 Å². The Labute approximate surface area is 155 Å². The van der Waals surface area contributed by atoms with Crippen LogP contribution in [0.5, 0.6) is 0 Å². The number of rotatable bonds is 8. The zero-order valence-corrected chi connectivity index (χ0v) is 15.7. The van der Waals surface area contributed by atoms with Gasteiger partial charge in [0.25, 0.3) is 5.91 Å². The molecule has 2 N–H and O–H groups in total. The number of carbonyl (C=O) groups excluding carboxylic acids is 1. The summed E-state index contributed by atoms with van der Waals surface area (Å²) in [4.78, 5) is 14.5. The number of ether oxygens (including phenoxy) is 1. The fraction of sp³-hybridized carbons (Fsp3) is 0.500. The molecule has 0 saturated carbocycles. The van der Waals surface area contributed by atoms with Crippen molar-refractivity contribution in [1.82, 2.24) is 10.2 Å². The Bertz CT molecular complexity index is 651. The smallest absolute Gasteiger partial charge is 0.263 e. The van der Waals surface area contributed by atoms with Crippen molar-refractivity contribution in [3.8, 4) is 6.07 Å². The van der Waals surface area contributed by atoms with Gasteiger partial charge in [-0.3, -0.25) is 9.69 Å². The lowest BCUT2D eigenvalue weighted by Crippen LogP contribution is -2.41. The predicted molar refractivity (Wildman–Crippen MR) is 103 cm³/mol. The van der Waals surface area contributed by atoms with Crippen LogP contribution < -0.4 is 10.6 Å². The van der Waals surface area contributed by atoms with E-state index >= 15 is 0 Å². The van der Waals surface area contributed by atoms with Crippen molar-refractivity contribution in [3.05, 3.63) is 41.1 Å². The van der Waals surface area contributed by atoms with E-state index in [9.17, 15) is 10.1 Å². The molecule has 1 aliphatic heterocycles. The second-order valence-corrected chi connectivity index (χ2v) is 6.18. The Kier molecular flexibility index (Phi) is 8.13. The van der Waals surface area contributed by atoms with Gasteiger partial charge in [-0.2, -0.15) is 5.26 Å². The van der Waals surface area contributed by atoms with E-state index in [0.717, 1.165) is 51.4 Å². The molecule has 1 saturated heterocycles. The Morgan fingerprint density at radius 3 is 2.50 bits per heavy atom. The van der Waals surface area contributed by atoms with E-state index in [1.165, 1.54) is 17.3 Å². The summed E-state index contributed by atoms with van der Waals surface area (Å²) in [5, 5.41) is 15.3. The largest absolute Gasteiger partial charge is 0.379 e. The summed E-state index contributed by atoms with van der Waals surface area (Å²) in [5.74, 6) is -0.347. The molecule has 0 aromatic heterocycles. The van der Waals surface area contributed by atoms with Crippen LogP contribution >= 0.6 is 0 Å². The maximum absolute atomic E-state index is 12.3. The summed E-state index contributed by atoms with van der Waals surface area (Å²) in [6, 6.07) is 8.14. The number of aryl methyl sites for hydroxylation is 2. The van der Waals surface area contributed by atoms with Gasteiger partial charge in [0.05, 0.1) is 13.2 Å². The first kappa shape index (κ1) is 20.0. The van der Waals surface area contributed by atoms with Gasteiger partial charge in [-0.25, -0.2) is 0 Å². The number of morpholine rings is 1. The average molecular weight is 356 g/mol. The number of anilines is 1. The summed E-state index contributed by atoms with van der Waals surface area (Å²) in [6.45, 7) is 8.69. The van der Waals surface area contributed by atoms with Crippen LogP contribution in [-0.4, -0.2) is 50.2 Å². The Hall–Kier alpha value is -2.36. The summed E-state index contributed by atoms with van der Waals surface area (Å²) in [7, 11) is 0. The number of para-hydroxylation sites is 1. The molecule has 1 fully saturated rings. The number of amides is 1. The number of carbonyl (C=O) groups is 1. The minimum atomic E-state index is -0.347. The summed E-state index contributed by atoms with van der Waals surface area (Å²) >= 11 is 0. The van der Waals surface area contributed by atoms with Crippen LogP contribution in [0.1, 0.15) is 25.0 Å². The third-order valence-electron chi connectivity index (χ3n) is 4.54. The monoisotopic (exact) mass is 356 g/mol. The van der Waals surface area contributed by atoms with Crippen LogP contribution in [0.25, 0.3) is 0 Å². The van der Waals surface area contributed by atoms with E-state index in [-0.39, 0.29) is 11.5 Å². The molecule has 1 aromatic rings. The van der Waals surface area contributed by atoms with Gasteiger partial charge in [0, 0.05) is 38.1 Å². The van der Waals surface area contributed by atoms with Gasteiger partial charge in [-0.15, -0.1) is 0 Å². The zero-order valence-electron chi connectivity index (χ0n) is 15.7. The van der Waals surface area contributed by atoms with Gasteiger partial charge >= 0.3 is 0 Å². The third kappa shape index (κ3) is 5.58. The second kappa shape index (κ2) is 10.6. The number of hydrogen-bond acceptors (Lipinski definition) is 5. The summed E-state index contributed by atoms with van der Waals surface area (Å²) in [6.07, 6.45) is 3.28. The number of nitrogens with zero attached hydrogens (tertiary/aromatic N) is 2. The second-order valence-electron chi connectivity index (χ2n) is 6.18. The van der Waals surface area contributed by atoms with E-state index in [2.05, 4.69) is 41.5 Å². The molecule has 0 atom stereocenters. The highest BCUT2D eigenvalue weighted by molar-refractivity contribution is 5.97. The number of nitriles is 1. The van der Waals surface area contributed by atoms with Gasteiger partial charge < -0.3 is 15.4 Å². The summed E-state index contributed by atoms with van der Waals surface area (Å²) < 4.78 is 5.30.